The number of unbranched alkanes of at least 4 members (excludes halogenated alkanes) is 4. The van der Waals surface area contributed by atoms with Gasteiger partial charge in [0.15, 0.2) is 0 Å². The Morgan fingerprint density at radius 3 is 1.91 bits per heavy atom. The first-order valence-corrected chi connectivity index (χ1v) is 4.42. The van der Waals surface area contributed by atoms with Crippen molar-refractivity contribution < 1.29 is 0 Å². The van der Waals surface area contributed by atoms with Gasteiger partial charge in [-0.1, -0.05) is 32.6 Å². The molecule has 0 saturated carbocycles. The summed E-state index contributed by atoms with van der Waals surface area (Å²) in [6, 6.07) is 0. The molecule has 0 rings (SSSR count). The molecule has 0 aliphatic rings. The van der Waals surface area contributed by atoms with E-state index in [-0.39, 0.29) is 17.0 Å². The first-order valence-electron chi connectivity index (χ1n) is 4.42. The van der Waals surface area contributed by atoms with Crippen molar-refractivity contribution >= 4 is 17.0 Å². The average molecular weight is 224 g/mol. The topological polar surface area (TPSA) is 3.24 Å². The highest BCUT2D eigenvalue weighted by Crippen LogP contribution is 2.01. The molecule has 0 aromatic heterocycles. The Balaban J connectivity index is 0. The van der Waals surface area contributed by atoms with Crippen LogP contribution in [0.2, 0.25) is 0 Å². The number of hydrogen-bond donors (Lipinski definition) is 0. The first kappa shape index (κ1) is 14.0. The van der Waals surface area contributed by atoms with E-state index < -0.39 is 0 Å². The van der Waals surface area contributed by atoms with E-state index in [2.05, 4.69) is 25.9 Å². The highest BCUT2D eigenvalue weighted by Gasteiger charge is 1.89. The maximum atomic E-state index is 2.26. The molecule has 0 fully saturated rings. The van der Waals surface area contributed by atoms with Crippen LogP contribution in [-0.2, 0) is 0 Å². The maximum absolute atomic E-state index is 2.26. The van der Waals surface area contributed by atoms with Gasteiger partial charge < -0.3 is 4.90 Å². The van der Waals surface area contributed by atoms with Crippen LogP contribution < -0.4 is 0 Å². The maximum Gasteiger partial charge on any atom is -0.00248 e. The van der Waals surface area contributed by atoms with Gasteiger partial charge >= 0.3 is 0 Å². The molecule has 0 heterocycles. The van der Waals surface area contributed by atoms with Crippen molar-refractivity contribution in [3.8, 4) is 0 Å². The summed E-state index contributed by atoms with van der Waals surface area (Å²) in [5.74, 6) is 0. The molecular weight excluding hydrogens is 202 g/mol. The third-order valence-electron chi connectivity index (χ3n) is 1.71. The Labute approximate surface area is 81.9 Å². The fourth-order valence-corrected chi connectivity index (χ4v) is 1.03. The molecule has 0 N–H and O–H groups in total. The highest BCUT2D eigenvalue weighted by molar-refractivity contribution is 8.93. The van der Waals surface area contributed by atoms with E-state index in [0.29, 0.717) is 0 Å². The van der Waals surface area contributed by atoms with Crippen molar-refractivity contribution in [2.75, 3.05) is 20.6 Å². The SMILES string of the molecule is Br.CCCCCCCN(C)C. The second-order valence-electron chi connectivity index (χ2n) is 3.22. The minimum absolute atomic E-state index is 0. The first-order chi connectivity index (χ1) is 4.77. The zero-order valence-electron chi connectivity index (χ0n) is 8.10. The normalized spacial score (nSPS) is 9.82. The van der Waals surface area contributed by atoms with Crippen LogP contribution in [0.5, 0.6) is 0 Å². The van der Waals surface area contributed by atoms with E-state index in [1.807, 2.05) is 0 Å². The van der Waals surface area contributed by atoms with Crippen LogP contribution in [0.25, 0.3) is 0 Å². The monoisotopic (exact) mass is 223 g/mol. The Bertz CT molecular complexity index is 64.6. The summed E-state index contributed by atoms with van der Waals surface area (Å²) < 4.78 is 0. The van der Waals surface area contributed by atoms with E-state index in [1.165, 1.54) is 38.6 Å². The molecule has 0 aromatic rings. The molecule has 0 saturated heterocycles. The van der Waals surface area contributed by atoms with E-state index >= 15 is 0 Å². The van der Waals surface area contributed by atoms with Crippen molar-refractivity contribution in [1.29, 1.82) is 0 Å². The molecule has 1 nitrogen and oxygen atoms in total. The third kappa shape index (κ3) is 13.4. The lowest BCUT2D eigenvalue weighted by atomic mass is 10.1. The number of nitrogens with zero attached hydrogens (tertiary/aromatic N) is 1. The molecular formula is C9H22BrN. The van der Waals surface area contributed by atoms with E-state index in [4.69, 9.17) is 0 Å². The predicted octanol–water partition coefficient (Wildman–Crippen LogP) is 3.10. The van der Waals surface area contributed by atoms with Gasteiger partial charge in [-0.3, -0.25) is 0 Å². The molecule has 0 aliphatic carbocycles. The van der Waals surface area contributed by atoms with Crippen LogP contribution in [0.15, 0.2) is 0 Å². The van der Waals surface area contributed by atoms with Gasteiger partial charge in [-0.15, -0.1) is 17.0 Å². The standard InChI is InChI=1S/C9H21N.BrH/c1-4-5-6-7-8-9-10(2)3;/h4-9H2,1-3H3;1H. The number of rotatable bonds is 6. The molecule has 0 amide bonds. The van der Waals surface area contributed by atoms with Gasteiger partial charge in [0.05, 0.1) is 0 Å². The van der Waals surface area contributed by atoms with Crippen molar-refractivity contribution in [2.24, 2.45) is 0 Å². The Hall–Kier alpha value is 0.440. The average Bonchev–Trinajstić information content (AvgIpc) is 1.87. The summed E-state index contributed by atoms with van der Waals surface area (Å²) >= 11 is 0. The molecule has 0 atom stereocenters. The molecule has 70 valence electrons. The molecule has 2 heteroatoms. The number of hydrogen-bond acceptors (Lipinski definition) is 1. The van der Waals surface area contributed by atoms with E-state index in [9.17, 15) is 0 Å². The smallest absolute Gasteiger partial charge is 0.00248 e. The summed E-state index contributed by atoms with van der Waals surface area (Å²) in [5.41, 5.74) is 0. The van der Waals surface area contributed by atoms with Crippen LogP contribution in [0.3, 0.4) is 0 Å². The largest absolute Gasteiger partial charge is 0.309 e. The van der Waals surface area contributed by atoms with Gasteiger partial charge in [-0.2, -0.15) is 0 Å². The van der Waals surface area contributed by atoms with Gasteiger partial charge in [0.2, 0.25) is 0 Å². The summed E-state index contributed by atoms with van der Waals surface area (Å²) in [7, 11) is 4.28. The third-order valence-corrected chi connectivity index (χ3v) is 1.71. The number of halogens is 1. The van der Waals surface area contributed by atoms with Crippen LogP contribution in [0, 0.1) is 0 Å². The minimum atomic E-state index is 0. The fourth-order valence-electron chi connectivity index (χ4n) is 1.03. The summed E-state index contributed by atoms with van der Waals surface area (Å²) in [6.07, 6.45) is 6.96. The zero-order chi connectivity index (χ0) is 7.82. The molecule has 0 aliphatic heterocycles. The van der Waals surface area contributed by atoms with Gasteiger partial charge in [0.1, 0.15) is 0 Å². The van der Waals surface area contributed by atoms with Crippen molar-refractivity contribution in [2.45, 2.75) is 39.0 Å². The summed E-state index contributed by atoms with van der Waals surface area (Å²) in [4.78, 5) is 2.26. The summed E-state index contributed by atoms with van der Waals surface area (Å²) in [6.45, 7) is 3.51. The molecule has 0 aromatic carbocycles. The Morgan fingerprint density at radius 1 is 0.909 bits per heavy atom. The van der Waals surface area contributed by atoms with Crippen molar-refractivity contribution in [3.05, 3.63) is 0 Å². The second-order valence-corrected chi connectivity index (χ2v) is 3.22. The van der Waals surface area contributed by atoms with E-state index in [0.717, 1.165) is 0 Å². The Kier molecular flexibility index (Phi) is 13.3. The Morgan fingerprint density at radius 2 is 1.45 bits per heavy atom. The van der Waals surface area contributed by atoms with Gasteiger partial charge in [-0.25, -0.2) is 0 Å². The second kappa shape index (κ2) is 10.4. The molecule has 0 spiro atoms. The van der Waals surface area contributed by atoms with Crippen molar-refractivity contribution in [1.82, 2.24) is 4.90 Å². The quantitative estimate of drug-likeness (QED) is 0.626. The van der Waals surface area contributed by atoms with Crippen LogP contribution in [0.4, 0.5) is 0 Å². The lowest BCUT2D eigenvalue weighted by Crippen LogP contribution is -2.12. The zero-order valence-corrected chi connectivity index (χ0v) is 9.81. The predicted molar refractivity (Wildman–Crippen MR) is 57.6 cm³/mol. The molecule has 0 bridgehead atoms. The van der Waals surface area contributed by atoms with Gasteiger partial charge in [0.25, 0.3) is 0 Å². The summed E-state index contributed by atoms with van der Waals surface area (Å²) in [5, 5.41) is 0. The fraction of sp³-hybridized carbons (Fsp3) is 1.00. The van der Waals surface area contributed by atoms with Gasteiger partial charge in [0, 0.05) is 0 Å². The minimum Gasteiger partial charge on any atom is -0.309 e. The lowest BCUT2D eigenvalue weighted by molar-refractivity contribution is 0.390. The molecule has 0 radical (unpaired) electrons. The van der Waals surface area contributed by atoms with Crippen molar-refractivity contribution in [3.63, 3.8) is 0 Å². The lowest BCUT2D eigenvalue weighted by Gasteiger charge is -2.07. The molecule has 0 unspecified atom stereocenters. The molecule has 11 heavy (non-hydrogen) atoms. The van der Waals surface area contributed by atoms with Gasteiger partial charge in [-0.05, 0) is 27.1 Å². The van der Waals surface area contributed by atoms with Crippen LogP contribution in [0.1, 0.15) is 39.0 Å². The highest BCUT2D eigenvalue weighted by atomic mass is 79.9. The van der Waals surface area contributed by atoms with Crippen LogP contribution in [-0.4, -0.2) is 25.5 Å². The van der Waals surface area contributed by atoms with Crippen LogP contribution >= 0.6 is 17.0 Å². The van der Waals surface area contributed by atoms with E-state index in [1.54, 1.807) is 0 Å².